The summed E-state index contributed by atoms with van der Waals surface area (Å²) in [5.74, 6) is 0.805. The molecule has 16 heavy (non-hydrogen) atoms. The van der Waals surface area contributed by atoms with Gasteiger partial charge < -0.3 is 10.0 Å². The smallest absolute Gasteiger partial charge is 0.0496 e. The first-order chi connectivity index (χ1) is 7.55. The molecule has 0 aliphatic carbocycles. The fourth-order valence-corrected chi connectivity index (χ4v) is 2.03. The van der Waals surface area contributed by atoms with E-state index in [1.807, 2.05) is 0 Å². The van der Waals surface area contributed by atoms with Crippen molar-refractivity contribution in [3.63, 3.8) is 0 Å². The zero-order valence-electron chi connectivity index (χ0n) is 11.9. The molecule has 1 unspecified atom stereocenters. The molecule has 0 fully saturated rings. The topological polar surface area (TPSA) is 23.5 Å². The van der Waals surface area contributed by atoms with E-state index in [0.717, 1.165) is 25.4 Å². The van der Waals surface area contributed by atoms with Crippen molar-refractivity contribution in [3.05, 3.63) is 0 Å². The molecule has 0 amide bonds. The van der Waals surface area contributed by atoms with Gasteiger partial charge in [0.05, 0.1) is 0 Å². The molecule has 0 rings (SSSR count). The lowest BCUT2D eigenvalue weighted by molar-refractivity contribution is 0.0785. The van der Waals surface area contributed by atoms with E-state index in [9.17, 15) is 5.11 Å². The van der Waals surface area contributed by atoms with Gasteiger partial charge in [-0.3, -0.25) is 0 Å². The Hall–Kier alpha value is -0.0800. The minimum atomic E-state index is 0.0715. The highest BCUT2D eigenvalue weighted by Crippen LogP contribution is 2.22. The summed E-state index contributed by atoms with van der Waals surface area (Å²) in [7, 11) is 0. The zero-order valence-corrected chi connectivity index (χ0v) is 11.9. The average molecular weight is 229 g/mol. The summed E-state index contributed by atoms with van der Waals surface area (Å²) in [4.78, 5) is 2.50. The van der Waals surface area contributed by atoms with Crippen LogP contribution in [0.15, 0.2) is 0 Å². The third-order valence-electron chi connectivity index (χ3n) is 3.96. The quantitative estimate of drug-likeness (QED) is 0.656. The highest BCUT2D eigenvalue weighted by Gasteiger charge is 2.24. The summed E-state index contributed by atoms with van der Waals surface area (Å²) in [5.41, 5.74) is 0.0715. The molecule has 0 aromatic heterocycles. The maximum absolute atomic E-state index is 9.45. The van der Waals surface area contributed by atoms with Gasteiger partial charge in [0.25, 0.3) is 0 Å². The Labute approximate surface area is 102 Å². The third kappa shape index (κ3) is 5.31. The summed E-state index contributed by atoms with van der Waals surface area (Å²) in [6.07, 6.45) is 3.56. The molecule has 0 spiro atoms. The van der Waals surface area contributed by atoms with Crippen molar-refractivity contribution in [3.8, 4) is 0 Å². The normalized spacial score (nSPS) is 15.8. The van der Waals surface area contributed by atoms with Gasteiger partial charge in [-0.1, -0.05) is 47.5 Å². The molecule has 98 valence electrons. The maximum atomic E-state index is 9.45. The van der Waals surface area contributed by atoms with E-state index < -0.39 is 0 Å². The Morgan fingerprint density at radius 1 is 1.12 bits per heavy atom. The first-order valence-corrected chi connectivity index (χ1v) is 6.88. The Kier molecular flexibility index (Phi) is 8.04. The molecule has 0 radical (unpaired) electrons. The second-order valence-electron chi connectivity index (χ2n) is 5.33. The number of hydrogen-bond donors (Lipinski definition) is 1. The molecular formula is C14H31NO. The number of aliphatic hydroxyl groups excluding tert-OH is 1. The first kappa shape index (κ1) is 15.9. The van der Waals surface area contributed by atoms with E-state index in [1.165, 1.54) is 19.4 Å². The molecule has 1 atom stereocenters. The lowest BCUT2D eigenvalue weighted by Gasteiger charge is -2.34. The van der Waals surface area contributed by atoms with Crippen LogP contribution >= 0.6 is 0 Å². The molecule has 0 bridgehead atoms. The van der Waals surface area contributed by atoms with Gasteiger partial charge >= 0.3 is 0 Å². The second kappa shape index (κ2) is 8.08. The van der Waals surface area contributed by atoms with E-state index in [0.29, 0.717) is 6.61 Å². The van der Waals surface area contributed by atoms with Gasteiger partial charge in [0, 0.05) is 25.1 Å². The number of rotatable bonds is 9. The predicted molar refractivity (Wildman–Crippen MR) is 71.7 cm³/mol. The van der Waals surface area contributed by atoms with Crippen molar-refractivity contribution >= 4 is 0 Å². The fraction of sp³-hybridized carbons (Fsp3) is 1.00. The Balaban J connectivity index is 4.28. The van der Waals surface area contributed by atoms with E-state index in [4.69, 9.17) is 0 Å². The fourth-order valence-electron chi connectivity index (χ4n) is 2.03. The summed E-state index contributed by atoms with van der Waals surface area (Å²) >= 11 is 0. The van der Waals surface area contributed by atoms with Gasteiger partial charge in [-0.2, -0.15) is 0 Å². The highest BCUT2D eigenvalue weighted by molar-refractivity contribution is 4.77. The van der Waals surface area contributed by atoms with Gasteiger partial charge in [0.15, 0.2) is 0 Å². The lowest BCUT2D eigenvalue weighted by atomic mass is 9.87. The number of aliphatic hydroxyl groups is 1. The molecular weight excluding hydrogens is 198 g/mol. The van der Waals surface area contributed by atoms with E-state index >= 15 is 0 Å². The number of nitrogens with zero attached hydrogens (tertiary/aromatic N) is 1. The molecule has 0 aliphatic rings. The van der Waals surface area contributed by atoms with Crippen LogP contribution in [0.25, 0.3) is 0 Å². The van der Waals surface area contributed by atoms with E-state index in [-0.39, 0.29) is 5.41 Å². The van der Waals surface area contributed by atoms with Gasteiger partial charge in [0.2, 0.25) is 0 Å². The van der Waals surface area contributed by atoms with Crippen molar-refractivity contribution in [2.45, 2.75) is 53.9 Å². The third-order valence-corrected chi connectivity index (χ3v) is 3.96. The minimum Gasteiger partial charge on any atom is -0.396 e. The molecule has 0 aromatic rings. The standard InChI is InChI=1S/C14H31NO/c1-6-13(7-2)10-15(9-4)11-14(5,8-3)12-16/h13,16H,6-12H2,1-5H3. The van der Waals surface area contributed by atoms with E-state index in [2.05, 4.69) is 39.5 Å². The second-order valence-corrected chi connectivity index (χ2v) is 5.33. The average Bonchev–Trinajstić information content (AvgIpc) is 2.34. The van der Waals surface area contributed by atoms with Gasteiger partial charge in [-0.25, -0.2) is 0 Å². The molecule has 0 aromatic carbocycles. The van der Waals surface area contributed by atoms with Crippen LogP contribution in [0.4, 0.5) is 0 Å². The summed E-state index contributed by atoms with van der Waals surface area (Å²) in [6, 6.07) is 0. The van der Waals surface area contributed by atoms with Crippen LogP contribution in [0, 0.1) is 11.3 Å². The van der Waals surface area contributed by atoms with Crippen LogP contribution in [0.5, 0.6) is 0 Å². The number of hydrogen-bond acceptors (Lipinski definition) is 2. The molecule has 0 saturated carbocycles. The lowest BCUT2D eigenvalue weighted by Crippen LogP contribution is -2.40. The zero-order chi connectivity index (χ0) is 12.6. The van der Waals surface area contributed by atoms with Crippen molar-refractivity contribution < 1.29 is 5.11 Å². The summed E-state index contributed by atoms with van der Waals surface area (Å²) in [6.45, 7) is 14.7. The van der Waals surface area contributed by atoms with Crippen molar-refractivity contribution in [1.29, 1.82) is 0 Å². The molecule has 2 nitrogen and oxygen atoms in total. The molecule has 0 heterocycles. The Bertz CT molecular complexity index is 162. The highest BCUT2D eigenvalue weighted by atomic mass is 16.3. The van der Waals surface area contributed by atoms with Crippen LogP contribution in [0.2, 0.25) is 0 Å². The van der Waals surface area contributed by atoms with Crippen LogP contribution in [0.1, 0.15) is 53.9 Å². The monoisotopic (exact) mass is 229 g/mol. The minimum absolute atomic E-state index is 0.0715. The van der Waals surface area contributed by atoms with Crippen LogP contribution < -0.4 is 0 Å². The maximum Gasteiger partial charge on any atom is 0.0496 e. The van der Waals surface area contributed by atoms with Crippen molar-refractivity contribution in [1.82, 2.24) is 4.90 Å². The Morgan fingerprint density at radius 2 is 1.69 bits per heavy atom. The first-order valence-electron chi connectivity index (χ1n) is 6.88. The van der Waals surface area contributed by atoms with Crippen LogP contribution in [0.3, 0.4) is 0 Å². The largest absolute Gasteiger partial charge is 0.396 e. The van der Waals surface area contributed by atoms with Gasteiger partial charge in [-0.05, 0) is 18.9 Å². The summed E-state index contributed by atoms with van der Waals surface area (Å²) in [5, 5.41) is 9.45. The van der Waals surface area contributed by atoms with Crippen LogP contribution in [-0.2, 0) is 0 Å². The Morgan fingerprint density at radius 3 is 2.00 bits per heavy atom. The van der Waals surface area contributed by atoms with Crippen molar-refractivity contribution in [2.75, 3.05) is 26.2 Å². The van der Waals surface area contributed by atoms with Gasteiger partial charge in [0.1, 0.15) is 0 Å². The van der Waals surface area contributed by atoms with Gasteiger partial charge in [-0.15, -0.1) is 0 Å². The SMILES string of the molecule is CCC(CC)CN(CC)CC(C)(CC)CO. The molecule has 0 aliphatic heterocycles. The molecule has 0 saturated heterocycles. The summed E-state index contributed by atoms with van der Waals surface area (Å²) < 4.78 is 0. The van der Waals surface area contributed by atoms with Crippen LogP contribution in [-0.4, -0.2) is 36.2 Å². The molecule has 1 N–H and O–H groups in total. The predicted octanol–water partition coefficient (Wildman–Crippen LogP) is 3.15. The molecule has 2 heteroatoms. The van der Waals surface area contributed by atoms with Crippen molar-refractivity contribution in [2.24, 2.45) is 11.3 Å². The van der Waals surface area contributed by atoms with E-state index in [1.54, 1.807) is 0 Å².